The molecule has 0 saturated carbocycles. The third-order valence-electron chi connectivity index (χ3n) is 3.49. The highest BCUT2D eigenvalue weighted by Gasteiger charge is 2.16. The second-order valence-electron chi connectivity index (χ2n) is 6.60. The molecule has 0 unspecified atom stereocenters. The van der Waals surface area contributed by atoms with E-state index in [9.17, 15) is 5.11 Å². The standard InChI is InChI=1S/C16H24N8O/c1-16(2,3)12-5-6-19-15(23-12)22-8-11(24(4)18)14(17)10-7-21-13(25)9-20-10/h5-7,9H,8,17-18H2,1-4H3,(H,21,25)(H,19,22,23)/b14-11-. The molecule has 0 spiro atoms. The fraction of sp³-hybridized carbons (Fsp3) is 0.375. The smallest absolute Gasteiger partial charge is 0.229 e. The second-order valence-corrected chi connectivity index (χ2v) is 6.60. The molecule has 0 fully saturated rings. The highest BCUT2D eigenvalue weighted by Crippen LogP contribution is 2.20. The summed E-state index contributed by atoms with van der Waals surface area (Å²) in [5, 5.41) is 13.8. The summed E-state index contributed by atoms with van der Waals surface area (Å²) in [6.07, 6.45) is 4.31. The number of nitrogens with one attached hydrogen (secondary N) is 1. The lowest BCUT2D eigenvalue weighted by atomic mass is 9.92. The zero-order valence-corrected chi connectivity index (χ0v) is 14.9. The molecule has 0 radical (unpaired) electrons. The van der Waals surface area contributed by atoms with Gasteiger partial charge in [0, 0.05) is 18.7 Å². The van der Waals surface area contributed by atoms with Crippen LogP contribution in [-0.4, -0.2) is 43.6 Å². The Hall–Kier alpha value is -2.94. The van der Waals surface area contributed by atoms with Gasteiger partial charge in [-0.05, 0) is 6.07 Å². The summed E-state index contributed by atoms with van der Waals surface area (Å²) < 4.78 is 0. The summed E-state index contributed by atoms with van der Waals surface area (Å²) in [6, 6.07) is 1.89. The number of rotatable bonds is 5. The Morgan fingerprint density at radius 3 is 2.52 bits per heavy atom. The molecule has 0 amide bonds. The number of nitrogens with two attached hydrogens (primary N) is 2. The first kappa shape index (κ1) is 18.4. The van der Waals surface area contributed by atoms with Gasteiger partial charge in [-0.25, -0.2) is 25.8 Å². The van der Waals surface area contributed by atoms with Gasteiger partial charge < -0.3 is 21.2 Å². The fourth-order valence-corrected chi connectivity index (χ4v) is 2.04. The summed E-state index contributed by atoms with van der Waals surface area (Å²) >= 11 is 0. The molecular formula is C16H24N8O. The molecule has 0 aliphatic carbocycles. The van der Waals surface area contributed by atoms with E-state index in [4.69, 9.17) is 11.6 Å². The number of aromatic hydroxyl groups is 1. The van der Waals surface area contributed by atoms with E-state index in [1.807, 2.05) is 6.07 Å². The van der Waals surface area contributed by atoms with Crippen LogP contribution in [0.4, 0.5) is 5.95 Å². The van der Waals surface area contributed by atoms with Crippen molar-refractivity contribution in [3.63, 3.8) is 0 Å². The zero-order chi connectivity index (χ0) is 18.6. The number of likely N-dealkylation sites (N-methyl/N-ethyl adjacent to an activating group) is 1. The van der Waals surface area contributed by atoms with Crippen LogP contribution in [0.5, 0.6) is 5.88 Å². The van der Waals surface area contributed by atoms with Crippen molar-refractivity contribution in [1.82, 2.24) is 24.9 Å². The van der Waals surface area contributed by atoms with Crippen LogP contribution >= 0.6 is 0 Å². The van der Waals surface area contributed by atoms with Gasteiger partial charge in [0.2, 0.25) is 11.8 Å². The largest absolute Gasteiger partial charge is 0.492 e. The Morgan fingerprint density at radius 2 is 1.96 bits per heavy atom. The predicted octanol–water partition coefficient (Wildman–Crippen LogP) is 0.815. The first-order valence-electron chi connectivity index (χ1n) is 7.74. The predicted molar refractivity (Wildman–Crippen MR) is 96.0 cm³/mol. The number of hydrogen-bond acceptors (Lipinski definition) is 9. The molecule has 2 rings (SSSR count). The van der Waals surface area contributed by atoms with Crippen LogP contribution in [0.25, 0.3) is 5.70 Å². The lowest BCUT2D eigenvalue weighted by molar-refractivity contribution is 0.437. The Bertz CT molecular complexity index is 749. The second kappa shape index (κ2) is 7.31. The zero-order valence-electron chi connectivity index (χ0n) is 14.9. The maximum atomic E-state index is 9.24. The number of anilines is 1. The van der Waals surface area contributed by atoms with Gasteiger partial charge in [0.25, 0.3) is 0 Å². The van der Waals surface area contributed by atoms with Gasteiger partial charge in [0.05, 0.1) is 36.0 Å². The van der Waals surface area contributed by atoms with Crippen molar-refractivity contribution >= 4 is 11.6 Å². The minimum atomic E-state index is -0.176. The minimum Gasteiger partial charge on any atom is -0.492 e. The lowest BCUT2D eigenvalue weighted by Crippen LogP contribution is -2.32. The van der Waals surface area contributed by atoms with Gasteiger partial charge in [-0.3, -0.25) is 0 Å². The Kier molecular flexibility index (Phi) is 5.38. The summed E-state index contributed by atoms with van der Waals surface area (Å²) in [5.41, 5.74) is 8.34. The van der Waals surface area contributed by atoms with Crippen molar-refractivity contribution in [3.8, 4) is 5.88 Å². The first-order chi connectivity index (χ1) is 11.7. The van der Waals surface area contributed by atoms with Crippen molar-refractivity contribution in [2.24, 2.45) is 11.6 Å². The topological polar surface area (TPSA) is 139 Å². The number of nitrogens with zero attached hydrogens (tertiary/aromatic N) is 5. The molecule has 2 aromatic heterocycles. The van der Waals surface area contributed by atoms with Crippen molar-refractivity contribution < 1.29 is 5.11 Å². The van der Waals surface area contributed by atoms with Crippen LogP contribution in [0.1, 0.15) is 32.2 Å². The first-order valence-corrected chi connectivity index (χ1v) is 7.74. The molecule has 6 N–H and O–H groups in total. The average Bonchev–Trinajstić information content (AvgIpc) is 2.54. The van der Waals surface area contributed by atoms with E-state index in [-0.39, 0.29) is 11.3 Å². The summed E-state index contributed by atoms with van der Waals surface area (Å²) in [7, 11) is 1.67. The Balaban J connectivity index is 2.23. The minimum absolute atomic E-state index is 0.0800. The lowest BCUT2D eigenvalue weighted by Gasteiger charge is -2.21. The van der Waals surface area contributed by atoms with E-state index in [1.165, 1.54) is 17.4 Å². The highest BCUT2D eigenvalue weighted by atomic mass is 16.3. The van der Waals surface area contributed by atoms with Gasteiger partial charge in [-0.15, -0.1) is 0 Å². The molecule has 2 heterocycles. The molecule has 134 valence electrons. The van der Waals surface area contributed by atoms with Gasteiger partial charge in [0.15, 0.2) is 0 Å². The number of aromatic nitrogens is 4. The molecule has 2 aromatic rings. The van der Waals surface area contributed by atoms with Crippen molar-refractivity contribution in [2.75, 3.05) is 18.9 Å². The normalized spacial score (nSPS) is 12.5. The molecule has 0 aliphatic rings. The van der Waals surface area contributed by atoms with Gasteiger partial charge in [0.1, 0.15) is 5.69 Å². The number of hydrazine groups is 1. The van der Waals surface area contributed by atoms with Crippen LogP contribution < -0.4 is 16.9 Å². The van der Waals surface area contributed by atoms with Crippen molar-refractivity contribution in [1.29, 1.82) is 0 Å². The van der Waals surface area contributed by atoms with E-state index in [1.54, 1.807) is 13.2 Å². The van der Waals surface area contributed by atoms with Crippen molar-refractivity contribution in [3.05, 3.63) is 41.7 Å². The monoisotopic (exact) mass is 344 g/mol. The molecule has 25 heavy (non-hydrogen) atoms. The fourth-order valence-electron chi connectivity index (χ4n) is 2.04. The molecule has 0 aliphatic heterocycles. The van der Waals surface area contributed by atoms with E-state index in [2.05, 4.69) is 46.0 Å². The SMILES string of the molecule is CN(N)/C(CNc1nccc(C(C)(C)C)n1)=C(\N)c1cnc(O)cn1. The van der Waals surface area contributed by atoms with Crippen molar-refractivity contribution in [2.45, 2.75) is 26.2 Å². The van der Waals surface area contributed by atoms with Crippen LogP contribution in [0.2, 0.25) is 0 Å². The molecular weight excluding hydrogens is 320 g/mol. The van der Waals surface area contributed by atoms with Gasteiger partial charge >= 0.3 is 0 Å². The highest BCUT2D eigenvalue weighted by molar-refractivity contribution is 5.62. The van der Waals surface area contributed by atoms with Gasteiger partial charge in [-0.1, -0.05) is 20.8 Å². The van der Waals surface area contributed by atoms with Crippen LogP contribution in [-0.2, 0) is 5.41 Å². The van der Waals surface area contributed by atoms with Crippen LogP contribution in [0.15, 0.2) is 30.4 Å². The number of hydrogen-bond donors (Lipinski definition) is 4. The van der Waals surface area contributed by atoms with Crippen LogP contribution in [0.3, 0.4) is 0 Å². The summed E-state index contributed by atoms with van der Waals surface area (Å²) in [5.74, 6) is 6.19. The van der Waals surface area contributed by atoms with Gasteiger partial charge in [-0.2, -0.15) is 0 Å². The third kappa shape index (κ3) is 4.77. The molecule has 0 saturated heterocycles. The van der Waals surface area contributed by atoms with Crippen LogP contribution in [0, 0.1) is 0 Å². The van der Waals surface area contributed by atoms with E-state index in [0.717, 1.165) is 5.69 Å². The Morgan fingerprint density at radius 1 is 1.24 bits per heavy atom. The van der Waals surface area contributed by atoms with E-state index < -0.39 is 0 Å². The molecule has 0 bridgehead atoms. The summed E-state index contributed by atoms with van der Waals surface area (Å²) in [6.45, 7) is 6.55. The van der Waals surface area contributed by atoms with E-state index in [0.29, 0.717) is 29.6 Å². The summed E-state index contributed by atoms with van der Waals surface area (Å²) in [4.78, 5) is 16.6. The third-order valence-corrected chi connectivity index (χ3v) is 3.49. The molecule has 0 atom stereocenters. The van der Waals surface area contributed by atoms with E-state index >= 15 is 0 Å². The average molecular weight is 344 g/mol. The molecule has 9 heteroatoms. The molecule has 0 aromatic carbocycles. The quantitative estimate of drug-likeness (QED) is 0.458. The molecule has 9 nitrogen and oxygen atoms in total. The Labute approximate surface area is 146 Å². The maximum Gasteiger partial charge on any atom is 0.229 e. The maximum absolute atomic E-state index is 9.24.